The number of thiophene rings is 1. The van der Waals surface area contributed by atoms with E-state index in [1.54, 1.807) is 23.6 Å². The lowest BCUT2D eigenvalue weighted by molar-refractivity contribution is 0.0601. The van der Waals surface area contributed by atoms with E-state index in [2.05, 4.69) is 24.1 Å². The second-order valence-electron chi connectivity index (χ2n) is 8.91. The highest BCUT2D eigenvalue weighted by molar-refractivity contribution is 7.13. The van der Waals surface area contributed by atoms with Gasteiger partial charge in [-0.1, -0.05) is 26.0 Å². The molecular weight excluding hydrogens is 460 g/mol. The summed E-state index contributed by atoms with van der Waals surface area (Å²) in [6.45, 7) is 8.34. The number of pyridine rings is 1. The summed E-state index contributed by atoms with van der Waals surface area (Å²) in [6.07, 6.45) is 2.66. The zero-order valence-electron chi connectivity index (χ0n) is 20.6. The molecule has 0 bridgehead atoms. The Morgan fingerprint density at radius 2 is 1.94 bits per heavy atom. The van der Waals surface area contributed by atoms with Crippen LogP contribution in [0.1, 0.15) is 43.7 Å². The number of anilines is 2. The summed E-state index contributed by atoms with van der Waals surface area (Å²) >= 11 is 1.59. The van der Waals surface area contributed by atoms with Crippen molar-refractivity contribution in [3.63, 3.8) is 0 Å². The Labute approximate surface area is 209 Å². The van der Waals surface area contributed by atoms with Crippen molar-refractivity contribution in [3.8, 4) is 21.9 Å². The Kier molecular flexibility index (Phi) is 7.51. The monoisotopic (exact) mass is 490 g/mol. The fourth-order valence-corrected chi connectivity index (χ4v) is 4.47. The van der Waals surface area contributed by atoms with E-state index in [0.717, 1.165) is 34.0 Å². The van der Waals surface area contributed by atoms with E-state index in [1.165, 1.54) is 7.11 Å². The topological polar surface area (TPSA) is 78.3 Å². The highest BCUT2D eigenvalue weighted by Gasteiger charge is 2.18. The van der Waals surface area contributed by atoms with Crippen molar-refractivity contribution in [2.24, 2.45) is 5.92 Å². The van der Waals surface area contributed by atoms with Crippen molar-refractivity contribution < 1.29 is 14.3 Å². The molecule has 7 nitrogen and oxygen atoms in total. The largest absolute Gasteiger partial charge is 0.491 e. The third-order valence-electron chi connectivity index (χ3n) is 5.18. The lowest BCUT2D eigenvalue weighted by Gasteiger charge is -2.13. The number of esters is 1. The molecule has 0 atom stereocenters. The third kappa shape index (κ3) is 5.89. The van der Waals surface area contributed by atoms with Crippen molar-refractivity contribution in [1.29, 1.82) is 0 Å². The van der Waals surface area contributed by atoms with E-state index in [-0.39, 0.29) is 6.10 Å². The molecule has 0 fully saturated rings. The van der Waals surface area contributed by atoms with Crippen molar-refractivity contribution >= 4 is 28.9 Å². The number of aromatic nitrogens is 3. The van der Waals surface area contributed by atoms with Crippen LogP contribution >= 0.6 is 11.3 Å². The molecule has 182 valence electrons. The predicted molar refractivity (Wildman–Crippen MR) is 140 cm³/mol. The van der Waals surface area contributed by atoms with Gasteiger partial charge in [0.05, 0.1) is 18.9 Å². The van der Waals surface area contributed by atoms with Crippen LogP contribution in [0.2, 0.25) is 0 Å². The normalized spacial score (nSPS) is 11.2. The van der Waals surface area contributed by atoms with Gasteiger partial charge in [0.15, 0.2) is 5.82 Å². The average Bonchev–Trinajstić information content (AvgIpc) is 3.49. The molecule has 4 aromatic rings. The molecule has 0 unspecified atom stereocenters. The molecule has 8 heteroatoms. The lowest BCUT2D eigenvalue weighted by atomic mass is 10.1. The smallest absolute Gasteiger partial charge is 0.341 e. The third-order valence-corrected chi connectivity index (χ3v) is 6.10. The number of nitrogens with one attached hydrogen (secondary N) is 1. The Bertz CT molecular complexity index is 1300. The lowest BCUT2D eigenvalue weighted by Crippen LogP contribution is -2.09. The second-order valence-corrected chi connectivity index (χ2v) is 9.86. The molecular formula is C27H30N4O3S. The number of hydrogen-bond donors (Lipinski definition) is 1. The molecule has 0 spiro atoms. The van der Waals surface area contributed by atoms with Crippen LogP contribution in [0.3, 0.4) is 0 Å². The summed E-state index contributed by atoms with van der Waals surface area (Å²) in [5, 5.41) is 10.0. The van der Waals surface area contributed by atoms with E-state index >= 15 is 0 Å². The quantitative estimate of drug-likeness (QED) is 0.269. The maximum Gasteiger partial charge on any atom is 0.341 e. The van der Waals surface area contributed by atoms with Crippen LogP contribution in [-0.2, 0) is 11.2 Å². The first-order valence-electron chi connectivity index (χ1n) is 11.6. The van der Waals surface area contributed by atoms with Crippen LogP contribution in [0.5, 0.6) is 5.75 Å². The van der Waals surface area contributed by atoms with Gasteiger partial charge in [0, 0.05) is 34.5 Å². The van der Waals surface area contributed by atoms with Gasteiger partial charge in [0.1, 0.15) is 17.1 Å². The Morgan fingerprint density at radius 1 is 1.11 bits per heavy atom. The van der Waals surface area contributed by atoms with Crippen LogP contribution in [0.4, 0.5) is 11.6 Å². The van der Waals surface area contributed by atoms with E-state index < -0.39 is 5.97 Å². The summed E-state index contributed by atoms with van der Waals surface area (Å²) in [5.41, 5.74) is 3.16. The number of benzene rings is 1. The van der Waals surface area contributed by atoms with Crippen LogP contribution in [0.15, 0.2) is 60.1 Å². The molecule has 0 radical (unpaired) electrons. The molecule has 0 aliphatic rings. The number of carbonyl (C=O) groups is 1. The van der Waals surface area contributed by atoms with E-state index in [9.17, 15) is 4.79 Å². The molecule has 0 aliphatic heterocycles. The molecule has 0 saturated carbocycles. The van der Waals surface area contributed by atoms with Crippen molar-refractivity contribution in [3.05, 3.63) is 71.4 Å². The number of nitrogens with zero attached hydrogens (tertiary/aromatic N) is 3. The predicted octanol–water partition coefficient (Wildman–Crippen LogP) is 6.51. The molecule has 1 N–H and O–H groups in total. The van der Waals surface area contributed by atoms with Crippen molar-refractivity contribution in [2.75, 3.05) is 12.4 Å². The first-order valence-corrected chi connectivity index (χ1v) is 12.5. The van der Waals surface area contributed by atoms with E-state index in [1.807, 2.05) is 66.4 Å². The maximum atomic E-state index is 12.6. The zero-order chi connectivity index (χ0) is 24.9. The number of carbonyl (C=O) groups excluding carboxylic acids is 1. The van der Waals surface area contributed by atoms with E-state index in [4.69, 9.17) is 14.6 Å². The van der Waals surface area contributed by atoms with Crippen molar-refractivity contribution in [2.45, 2.75) is 40.2 Å². The first kappa shape index (κ1) is 24.5. The Balaban J connectivity index is 1.71. The number of hydrogen-bond acceptors (Lipinski definition) is 7. The fourth-order valence-electron chi connectivity index (χ4n) is 3.76. The minimum Gasteiger partial charge on any atom is -0.491 e. The van der Waals surface area contributed by atoms with Gasteiger partial charge in [0.25, 0.3) is 0 Å². The minimum atomic E-state index is -0.459. The maximum absolute atomic E-state index is 12.6. The van der Waals surface area contributed by atoms with Gasteiger partial charge in [-0.2, -0.15) is 0 Å². The van der Waals surface area contributed by atoms with Gasteiger partial charge < -0.3 is 14.8 Å². The van der Waals surface area contributed by atoms with E-state index in [0.29, 0.717) is 23.1 Å². The Hall–Kier alpha value is -3.65. The molecule has 3 aromatic heterocycles. The molecule has 0 aliphatic carbocycles. The van der Waals surface area contributed by atoms with Gasteiger partial charge in [-0.25, -0.2) is 14.5 Å². The first-order chi connectivity index (χ1) is 16.8. The molecule has 3 heterocycles. The van der Waals surface area contributed by atoms with Gasteiger partial charge in [0.2, 0.25) is 0 Å². The average molecular weight is 491 g/mol. The summed E-state index contributed by atoms with van der Waals surface area (Å²) in [5.74, 6) is 1.75. The number of methoxy groups -OCH3 is 1. The molecule has 0 amide bonds. The van der Waals surface area contributed by atoms with Gasteiger partial charge in [-0.05, 0) is 55.8 Å². The van der Waals surface area contributed by atoms with Gasteiger partial charge in [-0.3, -0.25) is 0 Å². The fraction of sp³-hybridized carbons (Fsp3) is 0.296. The molecule has 1 aromatic carbocycles. The molecule has 35 heavy (non-hydrogen) atoms. The summed E-state index contributed by atoms with van der Waals surface area (Å²) < 4.78 is 12.8. The molecule has 0 saturated heterocycles. The van der Waals surface area contributed by atoms with Crippen LogP contribution in [0, 0.1) is 5.92 Å². The minimum absolute atomic E-state index is 0.0789. The number of rotatable bonds is 9. The zero-order valence-corrected chi connectivity index (χ0v) is 21.4. The van der Waals surface area contributed by atoms with Crippen LogP contribution < -0.4 is 10.1 Å². The standard InChI is InChI=1S/C27H30N4O3S/c1-17(2)12-21-15-25(30-31(21)20-8-6-9-22(14-20)34-18(3)4)29-26-23(27(32)33-5)13-19(16-28-26)24-10-7-11-35-24/h6-11,13-18H,12H2,1-5H3,(H,28,29,30). The van der Waals surface area contributed by atoms with Crippen molar-refractivity contribution in [1.82, 2.24) is 14.8 Å². The Morgan fingerprint density at radius 3 is 2.63 bits per heavy atom. The highest BCUT2D eigenvalue weighted by atomic mass is 32.1. The number of ether oxygens (including phenoxy) is 2. The van der Waals surface area contributed by atoms with Crippen LogP contribution in [-0.4, -0.2) is 33.9 Å². The molecule has 4 rings (SSSR count). The van der Waals surface area contributed by atoms with Gasteiger partial charge >= 0.3 is 5.97 Å². The highest BCUT2D eigenvalue weighted by Crippen LogP contribution is 2.29. The van der Waals surface area contributed by atoms with Gasteiger partial charge in [-0.15, -0.1) is 16.4 Å². The summed E-state index contributed by atoms with van der Waals surface area (Å²) in [4.78, 5) is 18.1. The SMILES string of the molecule is COC(=O)c1cc(-c2cccs2)cnc1Nc1cc(CC(C)C)n(-c2cccc(OC(C)C)c2)n1. The van der Waals surface area contributed by atoms with Crippen LogP contribution in [0.25, 0.3) is 16.1 Å². The second kappa shape index (κ2) is 10.7. The summed E-state index contributed by atoms with van der Waals surface area (Å²) in [6, 6.07) is 15.6. The summed E-state index contributed by atoms with van der Waals surface area (Å²) in [7, 11) is 1.37.